The summed E-state index contributed by atoms with van der Waals surface area (Å²) in [5, 5.41) is 8.95. The largest absolute Gasteiger partial charge is 0.487 e. The Morgan fingerprint density at radius 2 is 1.95 bits per heavy atom. The van der Waals surface area contributed by atoms with E-state index in [0.717, 1.165) is 23.6 Å². The number of nitrogens with zero attached hydrogens (tertiary/aromatic N) is 2. The van der Waals surface area contributed by atoms with E-state index >= 15 is 0 Å². The molecular formula is C16H20N2O2. The molecule has 0 fully saturated rings. The lowest BCUT2D eigenvalue weighted by Gasteiger charge is -2.17. The molecule has 0 saturated carbocycles. The van der Waals surface area contributed by atoms with Gasteiger partial charge in [-0.05, 0) is 25.2 Å². The lowest BCUT2D eigenvalue weighted by atomic mass is 10.2. The van der Waals surface area contributed by atoms with Crippen LogP contribution in [0.3, 0.4) is 0 Å². The molecule has 1 heterocycles. The third-order valence-electron chi connectivity index (χ3n) is 3.00. The first-order valence-electron chi connectivity index (χ1n) is 6.69. The second-order valence-electron chi connectivity index (χ2n) is 4.68. The predicted molar refractivity (Wildman–Crippen MR) is 78.4 cm³/mol. The van der Waals surface area contributed by atoms with Crippen molar-refractivity contribution in [3.05, 3.63) is 59.9 Å². The Kier molecular flexibility index (Phi) is 5.53. The van der Waals surface area contributed by atoms with Crippen molar-refractivity contribution in [2.24, 2.45) is 0 Å². The molecular weight excluding hydrogens is 252 g/mol. The summed E-state index contributed by atoms with van der Waals surface area (Å²) in [5.74, 6) is 0.864. The van der Waals surface area contributed by atoms with Gasteiger partial charge in [0.15, 0.2) is 0 Å². The number of hydrogen-bond donors (Lipinski definition) is 1. The van der Waals surface area contributed by atoms with Crippen LogP contribution in [0.15, 0.2) is 48.7 Å². The Morgan fingerprint density at radius 3 is 2.70 bits per heavy atom. The van der Waals surface area contributed by atoms with Crippen LogP contribution in [-0.4, -0.2) is 35.2 Å². The third-order valence-corrected chi connectivity index (χ3v) is 3.00. The molecule has 0 unspecified atom stereocenters. The molecule has 2 rings (SSSR count). The van der Waals surface area contributed by atoms with Crippen LogP contribution in [0, 0.1) is 0 Å². The molecule has 20 heavy (non-hydrogen) atoms. The van der Waals surface area contributed by atoms with E-state index in [0.29, 0.717) is 13.2 Å². The number of pyridine rings is 1. The fraction of sp³-hybridized carbons (Fsp3) is 0.312. The topological polar surface area (TPSA) is 45.6 Å². The summed E-state index contributed by atoms with van der Waals surface area (Å²) in [7, 11) is 1.98. The van der Waals surface area contributed by atoms with Crippen LogP contribution in [0.2, 0.25) is 0 Å². The van der Waals surface area contributed by atoms with Gasteiger partial charge in [0.25, 0.3) is 0 Å². The fourth-order valence-corrected chi connectivity index (χ4v) is 1.95. The second kappa shape index (κ2) is 7.62. The van der Waals surface area contributed by atoms with Crippen molar-refractivity contribution in [3.63, 3.8) is 0 Å². The molecule has 0 radical (unpaired) electrons. The van der Waals surface area contributed by atoms with Gasteiger partial charge in [0.1, 0.15) is 12.4 Å². The molecule has 0 amide bonds. The number of aromatic nitrogens is 1. The molecule has 1 aromatic heterocycles. The maximum atomic E-state index is 8.95. The van der Waals surface area contributed by atoms with Gasteiger partial charge in [-0.25, -0.2) is 0 Å². The van der Waals surface area contributed by atoms with E-state index in [1.54, 1.807) is 6.20 Å². The standard InChI is InChI=1S/C16H20N2O2/c1-18(10-11-19)12-14-6-2-3-8-16(14)20-13-15-7-4-5-9-17-15/h2-9,19H,10-13H2,1H3. The molecule has 1 aromatic carbocycles. The molecule has 0 bridgehead atoms. The second-order valence-corrected chi connectivity index (χ2v) is 4.68. The van der Waals surface area contributed by atoms with Crippen LogP contribution in [0.25, 0.3) is 0 Å². The Labute approximate surface area is 119 Å². The van der Waals surface area contributed by atoms with Gasteiger partial charge in [-0.3, -0.25) is 9.88 Å². The van der Waals surface area contributed by atoms with Crippen molar-refractivity contribution in [1.29, 1.82) is 0 Å². The first-order valence-corrected chi connectivity index (χ1v) is 6.69. The van der Waals surface area contributed by atoms with Crippen LogP contribution >= 0.6 is 0 Å². The Bertz CT molecular complexity index is 517. The van der Waals surface area contributed by atoms with Crippen molar-refractivity contribution in [2.45, 2.75) is 13.2 Å². The fourth-order valence-electron chi connectivity index (χ4n) is 1.95. The Morgan fingerprint density at radius 1 is 1.15 bits per heavy atom. The van der Waals surface area contributed by atoms with Gasteiger partial charge in [0.05, 0.1) is 12.3 Å². The number of benzene rings is 1. The number of rotatable bonds is 7. The van der Waals surface area contributed by atoms with E-state index in [4.69, 9.17) is 9.84 Å². The molecule has 0 aliphatic heterocycles. The lowest BCUT2D eigenvalue weighted by molar-refractivity contribution is 0.214. The smallest absolute Gasteiger partial charge is 0.130 e. The van der Waals surface area contributed by atoms with E-state index in [-0.39, 0.29) is 6.61 Å². The summed E-state index contributed by atoms with van der Waals surface area (Å²) in [6.45, 7) is 2.02. The molecule has 0 aliphatic carbocycles. The molecule has 0 aliphatic rings. The maximum absolute atomic E-state index is 8.95. The first kappa shape index (κ1) is 14.5. The van der Waals surface area contributed by atoms with Crippen LogP contribution in [0.1, 0.15) is 11.3 Å². The number of ether oxygens (including phenoxy) is 1. The molecule has 2 aromatic rings. The average molecular weight is 272 g/mol. The quantitative estimate of drug-likeness (QED) is 0.838. The van der Waals surface area contributed by atoms with Gasteiger partial charge in [-0.1, -0.05) is 24.3 Å². The molecule has 0 spiro atoms. The van der Waals surface area contributed by atoms with E-state index < -0.39 is 0 Å². The minimum absolute atomic E-state index is 0.160. The SMILES string of the molecule is CN(CCO)Cc1ccccc1OCc1ccccn1. The minimum atomic E-state index is 0.160. The monoisotopic (exact) mass is 272 g/mol. The first-order chi connectivity index (χ1) is 9.79. The highest BCUT2D eigenvalue weighted by Crippen LogP contribution is 2.20. The third kappa shape index (κ3) is 4.33. The molecule has 0 saturated heterocycles. The van der Waals surface area contributed by atoms with Gasteiger partial charge in [0, 0.05) is 24.8 Å². The molecule has 1 N–H and O–H groups in total. The molecule has 106 valence electrons. The van der Waals surface area contributed by atoms with Crippen LogP contribution in [-0.2, 0) is 13.2 Å². The van der Waals surface area contributed by atoms with Crippen LogP contribution in [0.4, 0.5) is 0 Å². The van der Waals surface area contributed by atoms with E-state index in [9.17, 15) is 0 Å². The number of likely N-dealkylation sites (N-methyl/N-ethyl adjacent to an activating group) is 1. The molecule has 0 atom stereocenters. The zero-order valence-corrected chi connectivity index (χ0v) is 11.7. The summed E-state index contributed by atoms with van der Waals surface area (Å²) < 4.78 is 5.85. The highest BCUT2D eigenvalue weighted by molar-refractivity contribution is 5.33. The van der Waals surface area contributed by atoms with Gasteiger partial charge in [-0.15, -0.1) is 0 Å². The summed E-state index contributed by atoms with van der Waals surface area (Å²) in [6.07, 6.45) is 1.76. The zero-order valence-electron chi connectivity index (χ0n) is 11.7. The van der Waals surface area contributed by atoms with E-state index in [1.807, 2.05) is 49.5 Å². The minimum Gasteiger partial charge on any atom is -0.487 e. The molecule has 4 nitrogen and oxygen atoms in total. The van der Waals surface area contributed by atoms with Crippen molar-refractivity contribution in [3.8, 4) is 5.75 Å². The van der Waals surface area contributed by atoms with Crippen molar-refractivity contribution < 1.29 is 9.84 Å². The highest BCUT2D eigenvalue weighted by Gasteiger charge is 2.06. The molecule has 4 heteroatoms. The summed E-state index contributed by atoms with van der Waals surface area (Å²) in [4.78, 5) is 6.30. The Balaban J connectivity index is 2.00. The van der Waals surface area contributed by atoms with Gasteiger partial charge >= 0.3 is 0 Å². The van der Waals surface area contributed by atoms with Crippen LogP contribution < -0.4 is 4.74 Å². The summed E-state index contributed by atoms with van der Waals surface area (Å²) in [6, 6.07) is 13.8. The summed E-state index contributed by atoms with van der Waals surface area (Å²) in [5.41, 5.74) is 2.02. The zero-order chi connectivity index (χ0) is 14.2. The van der Waals surface area contributed by atoms with Crippen LogP contribution in [0.5, 0.6) is 5.75 Å². The van der Waals surface area contributed by atoms with Gasteiger partial charge in [0.2, 0.25) is 0 Å². The van der Waals surface area contributed by atoms with Crippen molar-refractivity contribution in [2.75, 3.05) is 20.2 Å². The number of aliphatic hydroxyl groups excluding tert-OH is 1. The normalized spacial score (nSPS) is 10.8. The maximum Gasteiger partial charge on any atom is 0.130 e. The van der Waals surface area contributed by atoms with E-state index in [2.05, 4.69) is 9.88 Å². The summed E-state index contributed by atoms with van der Waals surface area (Å²) >= 11 is 0. The van der Waals surface area contributed by atoms with E-state index in [1.165, 1.54) is 0 Å². The lowest BCUT2D eigenvalue weighted by Crippen LogP contribution is -2.21. The highest BCUT2D eigenvalue weighted by atomic mass is 16.5. The number of para-hydroxylation sites is 1. The number of aliphatic hydroxyl groups is 1. The average Bonchev–Trinajstić information content (AvgIpc) is 2.48. The Hall–Kier alpha value is -1.91. The van der Waals surface area contributed by atoms with Crippen molar-refractivity contribution in [1.82, 2.24) is 9.88 Å². The number of hydrogen-bond acceptors (Lipinski definition) is 4. The van der Waals surface area contributed by atoms with Crippen molar-refractivity contribution >= 4 is 0 Å². The predicted octanol–water partition coefficient (Wildman–Crippen LogP) is 2.08. The van der Waals surface area contributed by atoms with Gasteiger partial charge in [-0.2, -0.15) is 0 Å². The van der Waals surface area contributed by atoms with Gasteiger partial charge < -0.3 is 9.84 Å².